The van der Waals surface area contributed by atoms with Gasteiger partial charge in [0.2, 0.25) is 0 Å². The second-order valence-corrected chi connectivity index (χ2v) is 11.4. The number of unbranched alkanes of at least 4 members (excludes halogenated alkanes) is 5. The van der Waals surface area contributed by atoms with Crippen molar-refractivity contribution < 1.29 is 28.5 Å². The van der Waals surface area contributed by atoms with Crippen LogP contribution in [0.4, 0.5) is 0 Å². The molecule has 0 aliphatic carbocycles. The Morgan fingerprint density at radius 2 is 1.07 bits per heavy atom. The van der Waals surface area contributed by atoms with Crippen molar-refractivity contribution in [2.24, 2.45) is 11.8 Å². The molecule has 6 nitrogen and oxygen atoms in total. The van der Waals surface area contributed by atoms with Crippen molar-refractivity contribution in [3.8, 4) is 28.7 Å². The minimum atomic E-state index is -0.438. The van der Waals surface area contributed by atoms with Gasteiger partial charge in [-0.3, -0.25) is 4.79 Å². The lowest BCUT2D eigenvalue weighted by atomic mass is 10.00. The van der Waals surface area contributed by atoms with Crippen LogP contribution < -0.4 is 18.9 Å². The quantitative estimate of drug-likeness (QED) is 0.0788. The first-order chi connectivity index (χ1) is 20.9. The van der Waals surface area contributed by atoms with Crippen LogP contribution in [-0.2, 0) is 4.79 Å². The van der Waals surface area contributed by atoms with Crippen molar-refractivity contribution in [2.45, 2.75) is 91.9 Å². The molecule has 2 unspecified atom stereocenters. The standard InChI is InChI=1S/C37H48O6/c1-5-28(3)13-11-9-7-8-10-12-26-40-31-16-14-30(15-17-31)37(39)43-35-24-20-33(21-25-35)41-32-18-22-34(23-19-32)42-36(38)27-29(4)6-2/h14-25,28-29H,5-13,26-27H2,1-4H3. The molecule has 232 valence electrons. The first-order valence-corrected chi connectivity index (χ1v) is 15.9. The maximum absolute atomic E-state index is 12.6. The Kier molecular flexibility index (Phi) is 14.6. The van der Waals surface area contributed by atoms with Gasteiger partial charge < -0.3 is 18.9 Å². The number of carbonyl (C=O) groups excluding carboxylic acids is 2. The fourth-order valence-electron chi connectivity index (χ4n) is 4.44. The second kappa shape index (κ2) is 18.7. The zero-order chi connectivity index (χ0) is 30.9. The minimum absolute atomic E-state index is 0.239. The van der Waals surface area contributed by atoms with Crippen molar-refractivity contribution in [3.05, 3.63) is 78.4 Å². The van der Waals surface area contributed by atoms with E-state index in [9.17, 15) is 9.59 Å². The maximum atomic E-state index is 12.6. The first kappa shape index (κ1) is 33.7. The van der Waals surface area contributed by atoms with Gasteiger partial charge in [0.25, 0.3) is 0 Å². The van der Waals surface area contributed by atoms with Crippen molar-refractivity contribution in [2.75, 3.05) is 6.61 Å². The average molecular weight is 589 g/mol. The maximum Gasteiger partial charge on any atom is 0.343 e. The smallest absolute Gasteiger partial charge is 0.343 e. The summed E-state index contributed by atoms with van der Waals surface area (Å²) >= 11 is 0. The van der Waals surface area contributed by atoms with E-state index in [1.165, 1.54) is 44.9 Å². The predicted molar refractivity (Wildman–Crippen MR) is 171 cm³/mol. The number of hydrogen-bond acceptors (Lipinski definition) is 6. The first-order valence-electron chi connectivity index (χ1n) is 15.9. The van der Waals surface area contributed by atoms with Crippen LogP contribution in [0.2, 0.25) is 0 Å². The lowest BCUT2D eigenvalue weighted by Gasteiger charge is -2.10. The molecular weight excluding hydrogens is 540 g/mol. The summed E-state index contributed by atoms with van der Waals surface area (Å²) < 4.78 is 22.6. The number of benzene rings is 3. The molecule has 2 atom stereocenters. The van der Waals surface area contributed by atoms with E-state index in [4.69, 9.17) is 18.9 Å². The highest BCUT2D eigenvalue weighted by Crippen LogP contribution is 2.26. The molecular formula is C37H48O6. The van der Waals surface area contributed by atoms with E-state index in [1.807, 2.05) is 6.92 Å². The topological polar surface area (TPSA) is 71.1 Å². The highest BCUT2D eigenvalue weighted by atomic mass is 16.5. The largest absolute Gasteiger partial charge is 0.494 e. The van der Waals surface area contributed by atoms with Gasteiger partial charge in [-0.1, -0.05) is 79.1 Å². The number of hydrogen-bond donors (Lipinski definition) is 0. The van der Waals surface area contributed by atoms with Crippen LogP contribution in [0.3, 0.4) is 0 Å². The normalized spacial score (nSPS) is 12.3. The molecule has 3 aromatic carbocycles. The fraction of sp³-hybridized carbons (Fsp3) is 0.459. The second-order valence-electron chi connectivity index (χ2n) is 11.4. The van der Waals surface area contributed by atoms with Crippen LogP contribution in [0.15, 0.2) is 72.8 Å². The molecule has 0 aliphatic rings. The lowest BCUT2D eigenvalue weighted by Crippen LogP contribution is -2.11. The van der Waals surface area contributed by atoms with Gasteiger partial charge in [0.1, 0.15) is 28.7 Å². The summed E-state index contributed by atoms with van der Waals surface area (Å²) in [5, 5.41) is 0. The summed E-state index contributed by atoms with van der Waals surface area (Å²) in [5.41, 5.74) is 0.454. The van der Waals surface area contributed by atoms with Crippen molar-refractivity contribution >= 4 is 11.9 Å². The number of carbonyl (C=O) groups is 2. The van der Waals surface area contributed by atoms with Crippen molar-refractivity contribution in [3.63, 3.8) is 0 Å². The Morgan fingerprint density at radius 3 is 1.65 bits per heavy atom. The molecule has 0 aliphatic heterocycles. The molecule has 0 N–H and O–H groups in total. The third-order valence-electron chi connectivity index (χ3n) is 7.68. The lowest BCUT2D eigenvalue weighted by molar-refractivity contribution is -0.135. The van der Waals surface area contributed by atoms with Gasteiger partial charge in [-0.15, -0.1) is 0 Å². The number of esters is 2. The molecule has 3 rings (SSSR count). The molecule has 0 saturated heterocycles. The summed E-state index contributed by atoms with van der Waals surface area (Å²) in [7, 11) is 0. The van der Waals surface area contributed by atoms with E-state index in [0.29, 0.717) is 47.5 Å². The van der Waals surface area contributed by atoms with Crippen LogP contribution in [0.25, 0.3) is 0 Å². The molecule has 0 amide bonds. The van der Waals surface area contributed by atoms with Crippen LogP contribution in [0.5, 0.6) is 28.7 Å². The summed E-state index contributed by atoms with van der Waals surface area (Å²) in [4.78, 5) is 24.6. The van der Waals surface area contributed by atoms with Crippen LogP contribution in [-0.4, -0.2) is 18.5 Å². The van der Waals surface area contributed by atoms with Crippen LogP contribution in [0.1, 0.15) is 102 Å². The van der Waals surface area contributed by atoms with E-state index >= 15 is 0 Å². The Labute approximate surface area is 257 Å². The van der Waals surface area contributed by atoms with Gasteiger partial charge in [0, 0.05) is 6.42 Å². The van der Waals surface area contributed by atoms with Gasteiger partial charge >= 0.3 is 11.9 Å². The summed E-state index contributed by atoms with van der Waals surface area (Å²) in [5.74, 6) is 3.31. The van der Waals surface area contributed by atoms with Gasteiger partial charge in [-0.05, 0) is 91.1 Å². The van der Waals surface area contributed by atoms with Gasteiger partial charge in [0.15, 0.2) is 0 Å². The molecule has 3 aromatic rings. The highest BCUT2D eigenvalue weighted by molar-refractivity contribution is 5.91. The molecule has 0 aromatic heterocycles. The highest BCUT2D eigenvalue weighted by Gasteiger charge is 2.11. The van der Waals surface area contributed by atoms with Gasteiger partial charge in [-0.25, -0.2) is 4.79 Å². The molecule has 0 fully saturated rings. The summed E-state index contributed by atoms with van der Waals surface area (Å²) in [6.45, 7) is 9.36. The number of rotatable bonds is 19. The summed E-state index contributed by atoms with van der Waals surface area (Å²) in [6.07, 6.45) is 11.4. The monoisotopic (exact) mass is 588 g/mol. The molecule has 0 heterocycles. The molecule has 43 heavy (non-hydrogen) atoms. The third-order valence-corrected chi connectivity index (χ3v) is 7.68. The van der Waals surface area contributed by atoms with Crippen molar-refractivity contribution in [1.82, 2.24) is 0 Å². The van der Waals surface area contributed by atoms with Crippen LogP contribution in [0, 0.1) is 11.8 Å². The Morgan fingerprint density at radius 1 is 0.581 bits per heavy atom. The number of ether oxygens (including phenoxy) is 4. The van der Waals surface area contributed by atoms with E-state index in [1.54, 1.807) is 72.8 Å². The third kappa shape index (κ3) is 12.9. The molecule has 0 bridgehead atoms. The Bertz CT molecular complexity index is 1220. The van der Waals surface area contributed by atoms with Gasteiger partial charge in [0.05, 0.1) is 12.2 Å². The predicted octanol–water partition coefficient (Wildman–Crippen LogP) is 10.2. The van der Waals surface area contributed by atoms with Crippen LogP contribution >= 0.6 is 0 Å². The summed E-state index contributed by atoms with van der Waals surface area (Å²) in [6, 6.07) is 20.8. The fourth-order valence-corrected chi connectivity index (χ4v) is 4.44. The van der Waals surface area contributed by atoms with E-state index < -0.39 is 5.97 Å². The van der Waals surface area contributed by atoms with E-state index in [2.05, 4.69) is 20.8 Å². The minimum Gasteiger partial charge on any atom is -0.494 e. The van der Waals surface area contributed by atoms with Gasteiger partial charge in [-0.2, -0.15) is 0 Å². The molecule has 6 heteroatoms. The SMILES string of the molecule is CCC(C)CCCCCCCCOc1ccc(C(=O)Oc2ccc(Oc3ccc(OC(=O)CC(C)CC)cc3)cc2)cc1. The van der Waals surface area contributed by atoms with Crippen molar-refractivity contribution in [1.29, 1.82) is 0 Å². The van der Waals surface area contributed by atoms with E-state index in [0.717, 1.165) is 24.5 Å². The van der Waals surface area contributed by atoms with E-state index in [-0.39, 0.29) is 5.97 Å². The average Bonchev–Trinajstić information content (AvgIpc) is 3.02. The Balaban J connectivity index is 1.35. The zero-order valence-corrected chi connectivity index (χ0v) is 26.3. The molecule has 0 spiro atoms. The molecule has 0 radical (unpaired) electrons. The zero-order valence-electron chi connectivity index (χ0n) is 26.3. The Hall–Kier alpha value is -3.80. The molecule has 0 saturated carbocycles.